The molecule has 0 radical (unpaired) electrons. The molecule has 0 saturated carbocycles. The van der Waals surface area contributed by atoms with Gasteiger partial charge in [0.05, 0.1) is 6.61 Å². The van der Waals surface area contributed by atoms with Crippen molar-refractivity contribution in [3.8, 4) is 0 Å². The van der Waals surface area contributed by atoms with Crippen LogP contribution in [-0.4, -0.2) is 18.9 Å². The zero-order valence-corrected chi connectivity index (χ0v) is 9.51. The molecule has 0 aliphatic carbocycles. The Kier molecular flexibility index (Phi) is 5.04. The number of carbonyl (C=O) groups excluding carboxylic acids is 2. The Morgan fingerprint density at radius 2 is 2.40 bits per heavy atom. The maximum absolute atomic E-state index is 11.0. The molecule has 0 unspecified atom stereocenters. The first-order valence-corrected chi connectivity index (χ1v) is 5.83. The van der Waals surface area contributed by atoms with E-state index in [1.54, 1.807) is 24.3 Å². The maximum atomic E-state index is 11.0. The van der Waals surface area contributed by atoms with Crippen LogP contribution in [-0.2, 0) is 16.0 Å². The zero-order valence-electron chi connectivity index (χ0n) is 8.69. The van der Waals surface area contributed by atoms with E-state index in [4.69, 9.17) is 4.74 Å². The predicted molar refractivity (Wildman–Crippen MR) is 59.3 cm³/mol. The van der Waals surface area contributed by atoms with Gasteiger partial charge in [-0.2, -0.15) is 0 Å². The summed E-state index contributed by atoms with van der Waals surface area (Å²) in [5, 5.41) is 1.89. The smallest absolute Gasteiger partial charge is 0.305 e. The lowest BCUT2D eigenvalue weighted by molar-refractivity contribution is -0.143. The fourth-order valence-corrected chi connectivity index (χ4v) is 2.18. The van der Waals surface area contributed by atoms with Crippen LogP contribution in [0, 0.1) is 0 Å². The van der Waals surface area contributed by atoms with Gasteiger partial charge in [0.25, 0.3) is 0 Å². The van der Waals surface area contributed by atoms with Gasteiger partial charge in [0, 0.05) is 16.9 Å². The predicted octanol–water partition coefficient (Wildman–Crippen LogP) is 2.45. The van der Waals surface area contributed by atoms with Gasteiger partial charge in [0.1, 0.15) is 0 Å². The first-order chi connectivity index (χ1) is 7.27. The molecular formula is C11H14O3S. The van der Waals surface area contributed by atoms with Crippen LogP contribution in [0.2, 0.25) is 0 Å². The maximum Gasteiger partial charge on any atom is 0.305 e. The van der Waals surface area contributed by atoms with Crippen molar-refractivity contribution >= 4 is 23.6 Å². The van der Waals surface area contributed by atoms with Gasteiger partial charge in [-0.1, -0.05) is 0 Å². The summed E-state index contributed by atoms with van der Waals surface area (Å²) < 4.78 is 4.81. The fourth-order valence-electron chi connectivity index (χ4n) is 1.29. The quantitative estimate of drug-likeness (QED) is 0.552. The first-order valence-electron chi connectivity index (χ1n) is 4.95. The van der Waals surface area contributed by atoms with Gasteiger partial charge >= 0.3 is 5.97 Å². The van der Waals surface area contributed by atoms with Gasteiger partial charge < -0.3 is 4.74 Å². The molecule has 0 amide bonds. The van der Waals surface area contributed by atoms with Gasteiger partial charge in [-0.25, -0.2) is 0 Å². The summed E-state index contributed by atoms with van der Waals surface area (Å²) in [5.41, 5.74) is 0.740. The highest BCUT2D eigenvalue weighted by molar-refractivity contribution is 7.10. The minimum absolute atomic E-state index is 0.165. The number of thiophene rings is 1. The van der Waals surface area contributed by atoms with E-state index >= 15 is 0 Å². The number of hydrogen-bond acceptors (Lipinski definition) is 4. The average Bonchev–Trinajstić information content (AvgIpc) is 2.66. The summed E-state index contributed by atoms with van der Waals surface area (Å²) in [6.07, 6.45) is 2.78. The molecule has 82 valence electrons. The topological polar surface area (TPSA) is 43.4 Å². The van der Waals surface area contributed by atoms with Crippen molar-refractivity contribution in [3.63, 3.8) is 0 Å². The lowest BCUT2D eigenvalue weighted by Crippen LogP contribution is -2.04. The highest BCUT2D eigenvalue weighted by Gasteiger charge is 2.05. The van der Waals surface area contributed by atoms with Crippen LogP contribution in [0.1, 0.15) is 35.0 Å². The van der Waals surface area contributed by atoms with Crippen molar-refractivity contribution in [2.75, 3.05) is 6.61 Å². The third kappa shape index (κ3) is 3.83. The van der Waals surface area contributed by atoms with E-state index in [-0.39, 0.29) is 5.97 Å². The molecule has 0 aliphatic heterocycles. The highest BCUT2D eigenvalue weighted by atomic mass is 32.1. The summed E-state index contributed by atoms with van der Waals surface area (Å²) in [5.74, 6) is -0.165. The number of hydrogen-bond donors (Lipinski definition) is 0. The summed E-state index contributed by atoms with van der Waals surface area (Å²) >= 11 is 1.56. The van der Waals surface area contributed by atoms with Crippen LogP contribution in [0.4, 0.5) is 0 Å². The monoisotopic (exact) mass is 226 g/mol. The number of carbonyl (C=O) groups is 2. The van der Waals surface area contributed by atoms with Crippen molar-refractivity contribution in [2.45, 2.75) is 26.2 Å². The second-order valence-electron chi connectivity index (χ2n) is 3.08. The first kappa shape index (κ1) is 11.9. The number of aldehydes is 1. The van der Waals surface area contributed by atoms with Gasteiger partial charge in [-0.3, -0.25) is 9.59 Å². The van der Waals surface area contributed by atoms with Crippen LogP contribution < -0.4 is 0 Å². The minimum atomic E-state index is -0.165. The summed E-state index contributed by atoms with van der Waals surface area (Å²) in [7, 11) is 0. The molecule has 0 fully saturated rings. The summed E-state index contributed by atoms with van der Waals surface area (Å²) in [6.45, 7) is 2.22. The van der Waals surface area contributed by atoms with Crippen LogP contribution in [0.5, 0.6) is 0 Å². The minimum Gasteiger partial charge on any atom is -0.466 e. The van der Waals surface area contributed by atoms with Gasteiger partial charge in [0.2, 0.25) is 0 Å². The van der Waals surface area contributed by atoms with Crippen LogP contribution in [0.3, 0.4) is 0 Å². The number of esters is 1. The molecule has 0 saturated heterocycles. The zero-order chi connectivity index (χ0) is 11.1. The van der Waals surface area contributed by atoms with Crippen LogP contribution in [0.15, 0.2) is 11.4 Å². The Hall–Kier alpha value is -1.16. The number of rotatable bonds is 6. The molecular weight excluding hydrogens is 212 g/mol. The molecule has 1 heterocycles. The van der Waals surface area contributed by atoms with E-state index in [9.17, 15) is 9.59 Å². The molecule has 0 bridgehead atoms. The molecule has 3 nitrogen and oxygen atoms in total. The Balaban J connectivity index is 2.31. The van der Waals surface area contributed by atoms with Crippen LogP contribution >= 0.6 is 11.3 Å². The Morgan fingerprint density at radius 3 is 3.07 bits per heavy atom. The molecule has 0 spiro atoms. The average molecular weight is 226 g/mol. The molecule has 1 aromatic heterocycles. The van der Waals surface area contributed by atoms with Crippen molar-refractivity contribution in [3.05, 3.63) is 21.9 Å². The van der Waals surface area contributed by atoms with E-state index in [0.717, 1.165) is 29.6 Å². The van der Waals surface area contributed by atoms with Crippen molar-refractivity contribution < 1.29 is 14.3 Å². The van der Waals surface area contributed by atoms with E-state index in [0.29, 0.717) is 13.0 Å². The third-order valence-electron chi connectivity index (χ3n) is 2.00. The molecule has 1 aromatic rings. The molecule has 0 N–H and O–H groups in total. The lowest BCUT2D eigenvalue weighted by atomic mass is 10.1. The SMILES string of the molecule is CCOC(=O)CCCc1sccc1C=O. The van der Waals surface area contributed by atoms with E-state index in [2.05, 4.69) is 0 Å². The van der Waals surface area contributed by atoms with Crippen molar-refractivity contribution in [1.82, 2.24) is 0 Å². The normalized spacial score (nSPS) is 9.93. The third-order valence-corrected chi connectivity index (χ3v) is 2.99. The van der Waals surface area contributed by atoms with Crippen molar-refractivity contribution in [1.29, 1.82) is 0 Å². The second-order valence-corrected chi connectivity index (χ2v) is 4.08. The fraction of sp³-hybridized carbons (Fsp3) is 0.455. The summed E-state index contributed by atoms with van der Waals surface area (Å²) in [6, 6.07) is 1.80. The Bertz CT molecular complexity index is 330. The van der Waals surface area contributed by atoms with E-state index in [1.165, 1.54) is 0 Å². The lowest BCUT2D eigenvalue weighted by Gasteiger charge is -2.01. The highest BCUT2D eigenvalue weighted by Crippen LogP contribution is 2.17. The molecule has 15 heavy (non-hydrogen) atoms. The molecule has 0 aliphatic rings. The largest absolute Gasteiger partial charge is 0.466 e. The van der Waals surface area contributed by atoms with Crippen molar-refractivity contribution in [2.24, 2.45) is 0 Å². The molecule has 4 heteroatoms. The second kappa shape index (κ2) is 6.35. The Labute approximate surface area is 93.1 Å². The molecule has 0 aromatic carbocycles. The molecule has 0 atom stereocenters. The summed E-state index contributed by atoms with van der Waals surface area (Å²) in [4.78, 5) is 22.7. The number of aryl methyl sites for hydroxylation is 1. The van der Waals surface area contributed by atoms with Crippen LogP contribution in [0.25, 0.3) is 0 Å². The van der Waals surface area contributed by atoms with Gasteiger partial charge in [-0.05, 0) is 31.2 Å². The van der Waals surface area contributed by atoms with E-state index in [1.807, 2.05) is 5.38 Å². The van der Waals surface area contributed by atoms with Gasteiger partial charge in [-0.15, -0.1) is 11.3 Å². The number of ether oxygens (including phenoxy) is 1. The van der Waals surface area contributed by atoms with E-state index < -0.39 is 0 Å². The Morgan fingerprint density at radius 1 is 1.60 bits per heavy atom. The molecule has 1 rings (SSSR count). The van der Waals surface area contributed by atoms with Gasteiger partial charge in [0.15, 0.2) is 6.29 Å². The standard InChI is InChI=1S/C11H14O3S/c1-2-14-11(13)5-3-4-10-9(8-12)6-7-15-10/h6-8H,2-5H2,1H3.